The number of rotatable bonds is 9. The highest BCUT2D eigenvalue weighted by molar-refractivity contribution is 6.89. The molecule has 0 aliphatic rings. The van der Waals surface area contributed by atoms with Gasteiger partial charge in [-0.1, -0.05) is 82.4 Å². The second-order valence-corrected chi connectivity index (χ2v) is 12.0. The summed E-state index contributed by atoms with van der Waals surface area (Å²) in [7, 11) is -1.36. The molecule has 0 fully saturated rings. The van der Waals surface area contributed by atoms with Crippen LogP contribution in [0.3, 0.4) is 0 Å². The second-order valence-electron chi connectivity index (χ2n) is 6.92. The first kappa shape index (κ1) is 17.3. The van der Waals surface area contributed by atoms with Crippen molar-refractivity contribution < 1.29 is 5.11 Å². The van der Waals surface area contributed by atoms with E-state index in [1.54, 1.807) is 0 Å². The first-order valence-electron chi connectivity index (χ1n) is 8.28. The minimum atomic E-state index is -1.36. The summed E-state index contributed by atoms with van der Waals surface area (Å²) < 4.78 is 0. The summed E-state index contributed by atoms with van der Waals surface area (Å²) in [5.74, 6) is 0.510. The maximum atomic E-state index is 10.1. The van der Waals surface area contributed by atoms with Crippen LogP contribution >= 0.6 is 0 Å². The van der Waals surface area contributed by atoms with Crippen molar-refractivity contribution in [3.05, 3.63) is 23.8 Å². The minimum Gasteiger partial charge on any atom is -0.508 e. The first-order valence-corrected chi connectivity index (χ1v) is 11.8. The minimum absolute atomic E-state index is 0.510. The standard InChI is InChI=1S/C18H32OSi/c1-5-6-7-8-9-10-11-13-16-17(19)14-12-15-18(16)20(2,3)4/h12,14-15,19H,5-11,13H2,1-4H3. The molecule has 114 valence electrons. The molecule has 1 nitrogen and oxygen atoms in total. The zero-order chi connectivity index (χ0) is 15.0. The molecule has 0 amide bonds. The van der Waals surface area contributed by atoms with E-state index in [9.17, 15) is 5.11 Å². The zero-order valence-corrected chi connectivity index (χ0v) is 14.8. The lowest BCUT2D eigenvalue weighted by Crippen LogP contribution is -2.40. The van der Waals surface area contributed by atoms with E-state index < -0.39 is 8.07 Å². The molecule has 0 bridgehead atoms. The predicted octanol–water partition coefficient (Wildman–Crippen LogP) is 5.23. The zero-order valence-electron chi connectivity index (χ0n) is 13.8. The molecule has 0 aromatic heterocycles. The summed E-state index contributed by atoms with van der Waals surface area (Å²) in [5.41, 5.74) is 1.22. The molecule has 0 aliphatic carbocycles. The van der Waals surface area contributed by atoms with Crippen molar-refractivity contribution in [1.29, 1.82) is 0 Å². The van der Waals surface area contributed by atoms with Gasteiger partial charge in [0.25, 0.3) is 0 Å². The highest BCUT2D eigenvalue weighted by Gasteiger charge is 2.21. The fourth-order valence-electron chi connectivity index (χ4n) is 2.80. The molecule has 1 aromatic rings. The van der Waals surface area contributed by atoms with Crippen LogP contribution in [0.4, 0.5) is 0 Å². The van der Waals surface area contributed by atoms with Crippen LogP contribution in [0.25, 0.3) is 0 Å². The van der Waals surface area contributed by atoms with Gasteiger partial charge in [-0.25, -0.2) is 0 Å². The van der Waals surface area contributed by atoms with E-state index in [1.165, 1.54) is 55.7 Å². The van der Waals surface area contributed by atoms with E-state index in [-0.39, 0.29) is 0 Å². The third-order valence-corrected chi connectivity index (χ3v) is 6.07. The molecule has 0 radical (unpaired) electrons. The van der Waals surface area contributed by atoms with E-state index in [2.05, 4.69) is 32.6 Å². The monoisotopic (exact) mass is 292 g/mol. The topological polar surface area (TPSA) is 20.2 Å². The second kappa shape index (κ2) is 8.51. The molecular formula is C18H32OSi. The number of benzene rings is 1. The Balaban J connectivity index is 2.47. The number of unbranched alkanes of at least 4 members (excludes halogenated alkanes) is 6. The SMILES string of the molecule is CCCCCCCCCc1c(O)cccc1[Si](C)(C)C. The molecule has 0 aliphatic heterocycles. The van der Waals surface area contributed by atoms with Gasteiger partial charge < -0.3 is 5.11 Å². The Kier molecular flexibility index (Phi) is 7.35. The number of phenols is 1. The third-order valence-electron chi connectivity index (χ3n) is 3.99. The van der Waals surface area contributed by atoms with Crippen molar-refractivity contribution in [3.63, 3.8) is 0 Å². The average molecular weight is 293 g/mol. The van der Waals surface area contributed by atoms with E-state index in [4.69, 9.17) is 0 Å². The van der Waals surface area contributed by atoms with Gasteiger partial charge in [0.2, 0.25) is 0 Å². The largest absolute Gasteiger partial charge is 0.508 e. The summed E-state index contributed by atoms with van der Waals surface area (Å²) in [4.78, 5) is 0. The maximum Gasteiger partial charge on any atom is 0.118 e. The van der Waals surface area contributed by atoms with E-state index in [1.807, 2.05) is 12.1 Å². The Labute approximate surface area is 126 Å². The molecule has 0 heterocycles. The van der Waals surface area contributed by atoms with Gasteiger partial charge in [-0.3, -0.25) is 0 Å². The van der Waals surface area contributed by atoms with Crippen LogP contribution in [0.2, 0.25) is 19.6 Å². The highest BCUT2D eigenvalue weighted by Crippen LogP contribution is 2.21. The van der Waals surface area contributed by atoms with Gasteiger partial charge in [0.15, 0.2) is 0 Å². The Hall–Kier alpha value is -0.763. The molecule has 1 rings (SSSR count). The van der Waals surface area contributed by atoms with E-state index in [0.717, 1.165) is 6.42 Å². The van der Waals surface area contributed by atoms with Gasteiger partial charge in [-0.2, -0.15) is 0 Å². The van der Waals surface area contributed by atoms with Crippen molar-refractivity contribution >= 4 is 13.3 Å². The Bertz CT molecular complexity index is 393. The van der Waals surface area contributed by atoms with Crippen molar-refractivity contribution in [2.45, 2.75) is 77.9 Å². The van der Waals surface area contributed by atoms with Crippen LogP contribution in [0, 0.1) is 0 Å². The molecule has 0 saturated carbocycles. The number of hydrogen-bond donors (Lipinski definition) is 1. The lowest BCUT2D eigenvalue weighted by Gasteiger charge is -2.21. The molecule has 0 unspecified atom stereocenters. The molecular weight excluding hydrogens is 260 g/mol. The fraction of sp³-hybridized carbons (Fsp3) is 0.667. The number of hydrogen-bond acceptors (Lipinski definition) is 1. The Morgan fingerprint density at radius 2 is 1.50 bits per heavy atom. The quantitative estimate of drug-likeness (QED) is 0.488. The smallest absolute Gasteiger partial charge is 0.118 e. The highest BCUT2D eigenvalue weighted by atomic mass is 28.3. The van der Waals surface area contributed by atoms with Crippen LogP contribution in [-0.4, -0.2) is 13.2 Å². The molecule has 1 aromatic carbocycles. The number of phenolic OH excluding ortho intramolecular Hbond substituents is 1. The van der Waals surface area contributed by atoms with Crippen LogP contribution < -0.4 is 5.19 Å². The van der Waals surface area contributed by atoms with E-state index >= 15 is 0 Å². The van der Waals surface area contributed by atoms with Gasteiger partial charge in [-0.15, -0.1) is 0 Å². The Morgan fingerprint density at radius 3 is 2.10 bits per heavy atom. The van der Waals surface area contributed by atoms with Crippen molar-refractivity contribution in [2.75, 3.05) is 0 Å². The summed E-state index contributed by atoms with van der Waals surface area (Å²) in [6.07, 6.45) is 10.3. The molecule has 20 heavy (non-hydrogen) atoms. The Morgan fingerprint density at radius 1 is 0.900 bits per heavy atom. The van der Waals surface area contributed by atoms with Gasteiger partial charge in [0.1, 0.15) is 5.75 Å². The van der Waals surface area contributed by atoms with E-state index in [0.29, 0.717) is 5.75 Å². The lowest BCUT2D eigenvalue weighted by atomic mass is 10.0. The molecule has 2 heteroatoms. The summed E-state index contributed by atoms with van der Waals surface area (Å²) >= 11 is 0. The van der Waals surface area contributed by atoms with Crippen molar-refractivity contribution in [1.82, 2.24) is 0 Å². The summed E-state index contributed by atoms with van der Waals surface area (Å²) in [6, 6.07) is 6.07. The van der Waals surface area contributed by atoms with Crippen molar-refractivity contribution in [3.8, 4) is 5.75 Å². The van der Waals surface area contributed by atoms with Crippen LogP contribution in [-0.2, 0) is 6.42 Å². The van der Waals surface area contributed by atoms with Crippen molar-refractivity contribution in [2.24, 2.45) is 0 Å². The predicted molar refractivity (Wildman–Crippen MR) is 92.8 cm³/mol. The third kappa shape index (κ3) is 5.70. The van der Waals surface area contributed by atoms with Gasteiger partial charge >= 0.3 is 0 Å². The fourth-order valence-corrected chi connectivity index (χ4v) is 4.55. The molecule has 0 saturated heterocycles. The number of aromatic hydroxyl groups is 1. The van der Waals surface area contributed by atoms with Gasteiger partial charge in [-0.05, 0) is 24.5 Å². The lowest BCUT2D eigenvalue weighted by molar-refractivity contribution is 0.466. The maximum absolute atomic E-state index is 10.1. The average Bonchev–Trinajstić information content (AvgIpc) is 2.38. The van der Waals surface area contributed by atoms with Gasteiger partial charge in [0.05, 0.1) is 8.07 Å². The normalized spacial score (nSPS) is 11.8. The first-order chi connectivity index (χ1) is 9.46. The molecule has 1 N–H and O–H groups in total. The van der Waals surface area contributed by atoms with Crippen LogP contribution in [0.5, 0.6) is 5.75 Å². The summed E-state index contributed by atoms with van der Waals surface area (Å²) in [5, 5.41) is 11.6. The van der Waals surface area contributed by atoms with Gasteiger partial charge in [0, 0.05) is 0 Å². The van der Waals surface area contributed by atoms with Crippen LogP contribution in [0.15, 0.2) is 18.2 Å². The molecule has 0 atom stereocenters. The van der Waals surface area contributed by atoms with Crippen LogP contribution in [0.1, 0.15) is 57.4 Å². The molecule has 0 spiro atoms. The summed E-state index contributed by atoms with van der Waals surface area (Å²) in [6.45, 7) is 9.33.